The fraction of sp³-hybridized carbons (Fsp3) is 0.600. The van der Waals surface area contributed by atoms with Gasteiger partial charge in [0.05, 0.1) is 11.6 Å². The van der Waals surface area contributed by atoms with Gasteiger partial charge in [-0.1, -0.05) is 6.08 Å². The molecule has 0 unspecified atom stereocenters. The third-order valence-corrected chi connectivity index (χ3v) is 4.89. The summed E-state index contributed by atoms with van der Waals surface area (Å²) in [7, 11) is 0. The molecule has 3 heteroatoms. The molecule has 1 aliphatic carbocycles. The summed E-state index contributed by atoms with van der Waals surface area (Å²) in [5, 5.41) is 0. The third-order valence-electron chi connectivity index (χ3n) is 4.89. The molecule has 18 heavy (non-hydrogen) atoms. The summed E-state index contributed by atoms with van der Waals surface area (Å²) in [6.07, 6.45) is 6.63. The maximum Gasteiger partial charge on any atom is 0.223 e. The van der Waals surface area contributed by atoms with Crippen LogP contribution in [0, 0.1) is 0 Å². The summed E-state index contributed by atoms with van der Waals surface area (Å²) in [6, 6.07) is 0.115. The van der Waals surface area contributed by atoms with Gasteiger partial charge in [-0.15, -0.1) is 6.58 Å². The van der Waals surface area contributed by atoms with E-state index < -0.39 is 0 Å². The van der Waals surface area contributed by atoms with Crippen LogP contribution >= 0.6 is 0 Å². The number of amides is 1. The molecule has 96 valence electrons. The van der Waals surface area contributed by atoms with Crippen molar-refractivity contribution in [2.24, 2.45) is 0 Å². The summed E-state index contributed by atoms with van der Waals surface area (Å²) in [6.45, 7) is 5.78. The number of carbonyl (C=O) groups excluding carboxylic acids is 2. The molecule has 3 nitrogen and oxygen atoms in total. The van der Waals surface area contributed by atoms with Crippen LogP contribution in [0.2, 0.25) is 0 Å². The van der Waals surface area contributed by atoms with Crippen LogP contribution in [0.25, 0.3) is 0 Å². The van der Waals surface area contributed by atoms with E-state index in [4.69, 9.17) is 0 Å². The van der Waals surface area contributed by atoms with Gasteiger partial charge in [0.25, 0.3) is 0 Å². The highest BCUT2D eigenvalue weighted by molar-refractivity contribution is 6.01. The standard InChI is InChI=1S/C15H19NO2/c1-3-11-7-8-15-9-13(17)10(2)12(15)5-4-6-14(18)16(11)15/h3,11H,1,4-9H2,2H3/t11-,15+/m1/s1. The quantitative estimate of drug-likeness (QED) is 0.665. The topological polar surface area (TPSA) is 37.4 Å². The van der Waals surface area contributed by atoms with E-state index in [9.17, 15) is 9.59 Å². The Labute approximate surface area is 108 Å². The summed E-state index contributed by atoms with van der Waals surface area (Å²) >= 11 is 0. The van der Waals surface area contributed by atoms with Crippen molar-refractivity contribution in [2.45, 2.75) is 57.0 Å². The Bertz CT molecular complexity index is 477. The molecule has 2 heterocycles. The average Bonchev–Trinajstić information content (AvgIpc) is 2.77. The van der Waals surface area contributed by atoms with Crippen molar-refractivity contribution in [3.05, 3.63) is 23.8 Å². The van der Waals surface area contributed by atoms with Crippen LogP contribution in [-0.2, 0) is 9.59 Å². The molecule has 0 aromatic rings. The predicted molar refractivity (Wildman–Crippen MR) is 69.0 cm³/mol. The van der Waals surface area contributed by atoms with Gasteiger partial charge in [-0.3, -0.25) is 9.59 Å². The first-order valence-corrected chi connectivity index (χ1v) is 6.78. The van der Waals surface area contributed by atoms with Gasteiger partial charge in [0.15, 0.2) is 5.78 Å². The van der Waals surface area contributed by atoms with Gasteiger partial charge in [-0.05, 0) is 43.8 Å². The molecule has 3 aliphatic rings. The zero-order chi connectivity index (χ0) is 12.9. The van der Waals surface area contributed by atoms with Gasteiger partial charge in [0.1, 0.15) is 0 Å². The lowest BCUT2D eigenvalue weighted by Crippen LogP contribution is -2.49. The molecule has 2 aliphatic heterocycles. The van der Waals surface area contributed by atoms with Crippen molar-refractivity contribution in [3.63, 3.8) is 0 Å². The highest BCUT2D eigenvalue weighted by Crippen LogP contribution is 2.51. The molecule has 0 aromatic carbocycles. The number of Topliss-reactive ketones (excluding diaryl/α,β-unsaturated/α-hetero) is 1. The van der Waals surface area contributed by atoms with E-state index in [0.717, 1.165) is 31.3 Å². The number of nitrogens with zero attached hydrogens (tertiary/aromatic N) is 1. The SMILES string of the molecule is C=C[C@@H]1CC[C@]23CC(=O)C(C)=C2CCCC(=O)N13. The van der Waals surface area contributed by atoms with E-state index in [1.807, 2.05) is 17.9 Å². The number of rotatable bonds is 1. The van der Waals surface area contributed by atoms with Crippen LogP contribution in [0.4, 0.5) is 0 Å². The number of hydrogen-bond donors (Lipinski definition) is 0. The van der Waals surface area contributed by atoms with E-state index in [1.165, 1.54) is 5.57 Å². The van der Waals surface area contributed by atoms with Crippen molar-refractivity contribution in [3.8, 4) is 0 Å². The van der Waals surface area contributed by atoms with E-state index in [-0.39, 0.29) is 23.3 Å². The number of carbonyl (C=O) groups is 2. The van der Waals surface area contributed by atoms with Crippen molar-refractivity contribution in [1.29, 1.82) is 0 Å². The fourth-order valence-corrected chi connectivity index (χ4v) is 4.05. The second kappa shape index (κ2) is 3.81. The van der Waals surface area contributed by atoms with Crippen LogP contribution in [0.5, 0.6) is 0 Å². The molecule has 3 rings (SSSR count). The van der Waals surface area contributed by atoms with Gasteiger partial charge < -0.3 is 4.90 Å². The van der Waals surface area contributed by atoms with E-state index >= 15 is 0 Å². The molecule has 0 bridgehead atoms. The third kappa shape index (κ3) is 1.30. The largest absolute Gasteiger partial charge is 0.326 e. The van der Waals surface area contributed by atoms with Crippen LogP contribution in [0.15, 0.2) is 23.8 Å². The van der Waals surface area contributed by atoms with Gasteiger partial charge in [-0.2, -0.15) is 0 Å². The molecular weight excluding hydrogens is 226 g/mol. The summed E-state index contributed by atoms with van der Waals surface area (Å²) in [4.78, 5) is 26.4. The smallest absolute Gasteiger partial charge is 0.223 e. The lowest BCUT2D eigenvalue weighted by molar-refractivity contribution is -0.135. The fourth-order valence-electron chi connectivity index (χ4n) is 4.05. The van der Waals surface area contributed by atoms with E-state index in [2.05, 4.69) is 6.58 Å². The molecule has 1 spiro atoms. The van der Waals surface area contributed by atoms with Gasteiger partial charge in [0, 0.05) is 12.8 Å². The Hall–Kier alpha value is -1.38. The Kier molecular flexibility index (Phi) is 2.47. The zero-order valence-corrected chi connectivity index (χ0v) is 10.9. The molecule has 2 fully saturated rings. The monoisotopic (exact) mass is 245 g/mol. The summed E-state index contributed by atoms with van der Waals surface area (Å²) in [5.74, 6) is 0.435. The van der Waals surface area contributed by atoms with Crippen LogP contribution in [-0.4, -0.2) is 28.2 Å². The first-order valence-electron chi connectivity index (χ1n) is 6.78. The van der Waals surface area contributed by atoms with E-state index in [1.54, 1.807) is 0 Å². The maximum absolute atomic E-state index is 12.4. The Morgan fingerprint density at radius 3 is 2.89 bits per heavy atom. The number of hydrogen-bond acceptors (Lipinski definition) is 2. The minimum atomic E-state index is -0.284. The van der Waals surface area contributed by atoms with Crippen molar-refractivity contribution >= 4 is 11.7 Å². The highest BCUT2D eigenvalue weighted by Gasteiger charge is 2.55. The molecule has 0 radical (unpaired) electrons. The minimum Gasteiger partial charge on any atom is -0.326 e. The van der Waals surface area contributed by atoms with Crippen LogP contribution in [0.1, 0.15) is 45.4 Å². The van der Waals surface area contributed by atoms with Crippen molar-refractivity contribution in [1.82, 2.24) is 4.90 Å². The predicted octanol–water partition coefficient (Wildman–Crippen LogP) is 2.38. The normalized spacial score (nSPS) is 35.6. The Morgan fingerprint density at radius 2 is 2.17 bits per heavy atom. The highest BCUT2D eigenvalue weighted by atomic mass is 16.2. The van der Waals surface area contributed by atoms with E-state index in [0.29, 0.717) is 12.8 Å². The second-order valence-electron chi connectivity index (χ2n) is 5.69. The lowest BCUT2D eigenvalue weighted by Gasteiger charge is -2.38. The minimum absolute atomic E-state index is 0.115. The first-order chi connectivity index (χ1) is 8.60. The molecule has 2 atom stereocenters. The maximum atomic E-state index is 12.4. The first kappa shape index (κ1) is 11.7. The lowest BCUT2D eigenvalue weighted by atomic mass is 9.86. The Balaban J connectivity index is 2.14. The van der Waals surface area contributed by atoms with Crippen molar-refractivity contribution < 1.29 is 9.59 Å². The average molecular weight is 245 g/mol. The molecule has 0 saturated carbocycles. The summed E-state index contributed by atoms with van der Waals surface area (Å²) in [5.41, 5.74) is 1.87. The van der Waals surface area contributed by atoms with Crippen LogP contribution < -0.4 is 0 Å². The number of ketones is 1. The van der Waals surface area contributed by atoms with Crippen LogP contribution in [0.3, 0.4) is 0 Å². The van der Waals surface area contributed by atoms with Gasteiger partial charge in [-0.25, -0.2) is 0 Å². The molecule has 0 aromatic heterocycles. The van der Waals surface area contributed by atoms with Crippen molar-refractivity contribution in [2.75, 3.05) is 0 Å². The zero-order valence-electron chi connectivity index (χ0n) is 10.9. The molecule has 2 saturated heterocycles. The van der Waals surface area contributed by atoms with Gasteiger partial charge >= 0.3 is 0 Å². The molecule has 0 N–H and O–H groups in total. The molecule has 1 amide bonds. The second-order valence-corrected chi connectivity index (χ2v) is 5.69. The number of allylic oxidation sites excluding steroid dienone is 1. The van der Waals surface area contributed by atoms with Gasteiger partial charge in [0.2, 0.25) is 5.91 Å². The Morgan fingerprint density at radius 1 is 1.39 bits per heavy atom. The summed E-state index contributed by atoms with van der Waals surface area (Å²) < 4.78 is 0. The molecular formula is C15H19NO2.